The monoisotopic (exact) mass is 305 g/mol. The second-order valence-electron chi connectivity index (χ2n) is 3.26. The third-order valence-electron chi connectivity index (χ3n) is 1.99. The SMILES string of the molecule is COCCNC(=O)Cc1cc(Br)ccc1Cl. The summed E-state index contributed by atoms with van der Waals surface area (Å²) in [6, 6.07) is 5.45. The van der Waals surface area contributed by atoms with Crippen LogP contribution in [0.15, 0.2) is 22.7 Å². The lowest BCUT2D eigenvalue weighted by Gasteiger charge is -2.06. The lowest BCUT2D eigenvalue weighted by molar-refractivity contribution is -0.120. The van der Waals surface area contributed by atoms with E-state index < -0.39 is 0 Å². The van der Waals surface area contributed by atoms with Gasteiger partial charge in [-0.25, -0.2) is 0 Å². The van der Waals surface area contributed by atoms with Gasteiger partial charge in [0.15, 0.2) is 0 Å². The van der Waals surface area contributed by atoms with Crippen LogP contribution >= 0.6 is 27.5 Å². The zero-order valence-electron chi connectivity index (χ0n) is 8.93. The maximum atomic E-state index is 11.5. The zero-order chi connectivity index (χ0) is 12.0. The molecule has 0 aliphatic rings. The third kappa shape index (κ3) is 4.51. The summed E-state index contributed by atoms with van der Waals surface area (Å²) in [6.07, 6.45) is 0.280. The average Bonchev–Trinajstić information content (AvgIpc) is 2.24. The van der Waals surface area contributed by atoms with Crippen molar-refractivity contribution in [1.82, 2.24) is 5.32 Å². The van der Waals surface area contributed by atoms with Gasteiger partial charge in [0, 0.05) is 23.1 Å². The number of amides is 1. The first-order chi connectivity index (χ1) is 7.63. The molecule has 16 heavy (non-hydrogen) atoms. The standard InChI is InChI=1S/C11H13BrClNO2/c1-16-5-4-14-11(15)7-8-6-9(12)2-3-10(8)13/h2-3,6H,4-5,7H2,1H3,(H,14,15). The van der Waals surface area contributed by atoms with Gasteiger partial charge < -0.3 is 10.1 Å². The second kappa shape index (κ2) is 6.89. The van der Waals surface area contributed by atoms with E-state index in [1.807, 2.05) is 12.1 Å². The summed E-state index contributed by atoms with van der Waals surface area (Å²) in [5.41, 5.74) is 0.811. The number of hydrogen-bond donors (Lipinski definition) is 1. The van der Waals surface area contributed by atoms with Crippen LogP contribution in [-0.4, -0.2) is 26.2 Å². The van der Waals surface area contributed by atoms with Crippen LogP contribution in [0.3, 0.4) is 0 Å². The Labute approximate surface area is 108 Å². The quantitative estimate of drug-likeness (QED) is 0.848. The number of methoxy groups -OCH3 is 1. The van der Waals surface area contributed by atoms with Gasteiger partial charge in [-0.15, -0.1) is 0 Å². The fourth-order valence-corrected chi connectivity index (χ4v) is 1.80. The van der Waals surface area contributed by atoms with Gasteiger partial charge in [-0.05, 0) is 23.8 Å². The molecule has 0 radical (unpaired) electrons. The van der Waals surface area contributed by atoms with Gasteiger partial charge >= 0.3 is 0 Å². The number of benzene rings is 1. The molecule has 1 N–H and O–H groups in total. The van der Waals surface area contributed by atoms with Gasteiger partial charge in [0.2, 0.25) is 5.91 Å². The smallest absolute Gasteiger partial charge is 0.224 e. The Kier molecular flexibility index (Phi) is 5.80. The second-order valence-corrected chi connectivity index (χ2v) is 4.58. The number of nitrogens with one attached hydrogen (secondary N) is 1. The summed E-state index contributed by atoms with van der Waals surface area (Å²) in [5.74, 6) is -0.0583. The Morgan fingerprint density at radius 3 is 3.00 bits per heavy atom. The fraction of sp³-hybridized carbons (Fsp3) is 0.364. The molecule has 88 valence electrons. The Morgan fingerprint density at radius 2 is 2.31 bits per heavy atom. The predicted octanol–water partition coefficient (Wildman–Crippen LogP) is 2.41. The van der Waals surface area contributed by atoms with E-state index in [9.17, 15) is 4.79 Å². The van der Waals surface area contributed by atoms with Crippen LogP contribution in [0.4, 0.5) is 0 Å². The molecular formula is C11H13BrClNO2. The van der Waals surface area contributed by atoms with E-state index in [-0.39, 0.29) is 12.3 Å². The van der Waals surface area contributed by atoms with Crippen LogP contribution in [-0.2, 0) is 16.0 Å². The van der Waals surface area contributed by atoms with E-state index in [1.165, 1.54) is 0 Å². The highest BCUT2D eigenvalue weighted by Crippen LogP contribution is 2.21. The van der Waals surface area contributed by atoms with Crippen molar-refractivity contribution in [3.8, 4) is 0 Å². The number of hydrogen-bond acceptors (Lipinski definition) is 2. The topological polar surface area (TPSA) is 38.3 Å². The summed E-state index contributed by atoms with van der Waals surface area (Å²) in [7, 11) is 1.59. The molecule has 0 saturated carbocycles. The van der Waals surface area contributed by atoms with Gasteiger partial charge in [0.05, 0.1) is 13.0 Å². The van der Waals surface area contributed by atoms with Crippen LogP contribution in [0, 0.1) is 0 Å². The lowest BCUT2D eigenvalue weighted by atomic mass is 10.1. The van der Waals surface area contributed by atoms with Crippen molar-refractivity contribution in [2.45, 2.75) is 6.42 Å². The molecule has 1 aromatic rings. The minimum absolute atomic E-state index is 0.0583. The molecule has 1 amide bonds. The van der Waals surface area contributed by atoms with Crippen molar-refractivity contribution in [3.63, 3.8) is 0 Å². The molecule has 0 saturated heterocycles. The van der Waals surface area contributed by atoms with Crippen molar-refractivity contribution in [2.75, 3.05) is 20.3 Å². The minimum Gasteiger partial charge on any atom is -0.383 e. The third-order valence-corrected chi connectivity index (χ3v) is 2.85. The van der Waals surface area contributed by atoms with Gasteiger partial charge in [0.25, 0.3) is 0 Å². The summed E-state index contributed by atoms with van der Waals surface area (Å²) in [4.78, 5) is 11.5. The van der Waals surface area contributed by atoms with Crippen LogP contribution in [0.1, 0.15) is 5.56 Å². The van der Waals surface area contributed by atoms with E-state index >= 15 is 0 Å². The first-order valence-corrected chi connectivity index (χ1v) is 6.00. The average molecular weight is 307 g/mol. The van der Waals surface area contributed by atoms with Gasteiger partial charge in [-0.2, -0.15) is 0 Å². The molecule has 1 aromatic carbocycles. The van der Waals surface area contributed by atoms with Gasteiger partial charge in [-0.1, -0.05) is 27.5 Å². The first kappa shape index (κ1) is 13.5. The van der Waals surface area contributed by atoms with Crippen LogP contribution in [0.2, 0.25) is 5.02 Å². The van der Waals surface area contributed by atoms with Crippen molar-refractivity contribution in [1.29, 1.82) is 0 Å². The Balaban J connectivity index is 2.52. The Bertz CT molecular complexity index is 371. The van der Waals surface area contributed by atoms with Crippen molar-refractivity contribution < 1.29 is 9.53 Å². The van der Waals surface area contributed by atoms with E-state index in [2.05, 4.69) is 21.2 Å². The molecule has 0 unspecified atom stereocenters. The van der Waals surface area contributed by atoms with Gasteiger partial charge in [-0.3, -0.25) is 4.79 Å². The summed E-state index contributed by atoms with van der Waals surface area (Å²) >= 11 is 9.32. The number of carbonyl (C=O) groups excluding carboxylic acids is 1. The molecule has 0 fully saturated rings. The lowest BCUT2D eigenvalue weighted by Crippen LogP contribution is -2.28. The molecule has 5 heteroatoms. The molecule has 3 nitrogen and oxygen atoms in total. The molecule has 0 heterocycles. The van der Waals surface area contributed by atoms with Crippen molar-refractivity contribution in [2.24, 2.45) is 0 Å². The number of carbonyl (C=O) groups is 1. The molecule has 0 spiro atoms. The minimum atomic E-state index is -0.0583. The summed E-state index contributed by atoms with van der Waals surface area (Å²) < 4.78 is 5.75. The van der Waals surface area contributed by atoms with Crippen LogP contribution in [0.25, 0.3) is 0 Å². The summed E-state index contributed by atoms with van der Waals surface area (Å²) in [6.45, 7) is 1.03. The number of rotatable bonds is 5. The van der Waals surface area contributed by atoms with E-state index in [4.69, 9.17) is 16.3 Å². The molecule has 0 aliphatic heterocycles. The molecule has 0 bridgehead atoms. The molecule has 0 atom stereocenters. The van der Waals surface area contributed by atoms with Crippen LogP contribution < -0.4 is 5.32 Å². The van der Waals surface area contributed by atoms with Crippen LogP contribution in [0.5, 0.6) is 0 Å². The predicted molar refractivity (Wildman–Crippen MR) is 67.7 cm³/mol. The fourth-order valence-electron chi connectivity index (χ4n) is 1.21. The number of halogens is 2. The van der Waals surface area contributed by atoms with Crippen molar-refractivity contribution >= 4 is 33.4 Å². The van der Waals surface area contributed by atoms with E-state index in [1.54, 1.807) is 13.2 Å². The van der Waals surface area contributed by atoms with E-state index in [0.29, 0.717) is 18.2 Å². The number of ether oxygens (including phenoxy) is 1. The summed E-state index contributed by atoms with van der Waals surface area (Å²) in [5, 5.41) is 3.34. The van der Waals surface area contributed by atoms with E-state index in [0.717, 1.165) is 10.0 Å². The highest BCUT2D eigenvalue weighted by atomic mass is 79.9. The zero-order valence-corrected chi connectivity index (χ0v) is 11.3. The highest BCUT2D eigenvalue weighted by molar-refractivity contribution is 9.10. The molecule has 0 aromatic heterocycles. The molecule has 1 rings (SSSR count). The maximum absolute atomic E-state index is 11.5. The molecular weight excluding hydrogens is 293 g/mol. The Hall–Kier alpha value is -0.580. The first-order valence-electron chi connectivity index (χ1n) is 4.83. The Morgan fingerprint density at radius 1 is 1.56 bits per heavy atom. The van der Waals surface area contributed by atoms with Crippen molar-refractivity contribution in [3.05, 3.63) is 33.3 Å². The molecule has 0 aliphatic carbocycles. The van der Waals surface area contributed by atoms with Gasteiger partial charge in [0.1, 0.15) is 0 Å². The maximum Gasteiger partial charge on any atom is 0.224 e. The largest absolute Gasteiger partial charge is 0.383 e. The highest BCUT2D eigenvalue weighted by Gasteiger charge is 2.06. The normalized spacial score (nSPS) is 10.2.